The summed E-state index contributed by atoms with van der Waals surface area (Å²) in [6.45, 7) is -0.826. The molecule has 112 valence electrons. The Balaban J connectivity index is 2.13. The van der Waals surface area contributed by atoms with Gasteiger partial charge in [-0.15, -0.1) is 0 Å². The molecule has 2 aromatic carbocycles. The monoisotopic (exact) mass is 419 g/mol. The van der Waals surface area contributed by atoms with Gasteiger partial charge in [0.25, 0.3) is 0 Å². The van der Waals surface area contributed by atoms with Crippen molar-refractivity contribution in [3.63, 3.8) is 0 Å². The number of benzene rings is 2. The fourth-order valence-electron chi connectivity index (χ4n) is 1.94. The summed E-state index contributed by atoms with van der Waals surface area (Å²) in [6, 6.07) is 12.4. The number of alkyl halides is 2. The number of nitrogens with one attached hydrogen (secondary N) is 1. The molecule has 2 aromatic rings. The van der Waals surface area contributed by atoms with Crippen molar-refractivity contribution in [2.45, 2.75) is 19.6 Å². The van der Waals surface area contributed by atoms with Crippen LogP contribution in [0.15, 0.2) is 51.4 Å². The van der Waals surface area contributed by atoms with E-state index in [9.17, 15) is 8.78 Å². The summed E-state index contributed by atoms with van der Waals surface area (Å²) in [6.07, 6.45) is 0. The van der Waals surface area contributed by atoms with Crippen molar-refractivity contribution in [1.29, 1.82) is 0 Å². The number of hydrogen-bond acceptors (Lipinski definition) is 2. The Morgan fingerprint density at radius 1 is 1.10 bits per heavy atom. The summed E-state index contributed by atoms with van der Waals surface area (Å²) in [5.41, 5.74) is 1.79. The van der Waals surface area contributed by atoms with E-state index in [1.54, 1.807) is 12.1 Å². The summed E-state index contributed by atoms with van der Waals surface area (Å²) < 4.78 is 30.8. The molecule has 0 amide bonds. The highest BCUT2D eigenvalue weighted by Crippen LogP contribution is 2.30. The SMILES string of the molecule is CC(Nc1cccc(OC(F)F)c1)c1ccc(Br)cc1Br. The first-order valence-electron chi connectivity index (χ1n) is 6.22. The summed E-state index contributed by atoms with van der Waals surface area (Å²) >= 11 is 6.92. The maximum atomic E-state index is 12.2. The van der Waals surface area contributed by atoms with Gasteiger partial charge in [0.1, 0.15) is 5.75 Å². The Morgan fingerprint density at radius 3 is 2.52 bits per heavy atom. The number of halogens is 4. The molecule has 0 aliphatic carbocycles. The maximum Gasteiger partial charge on any atom is 0.387 e. The van der Waals surface area contributed by atoms with Gasteiger partial charge in [0, 0.05) is 26.7 Å². The van der Waals surface area contributed by atoms with Crippen molar-refractivity contribution in [3.8, 4) is 5.75 Å². The van der Waals surface area contributed by atoms with Crippen LogP contribution in [0.4, 0.5) is 14.5 Å². The molecule has 0 aromatic heterocycles. The standard InChI is InChI=1S/C15H13Br2F2NO/c1-9(13-6-5-10(16)7-14(13)17)20-11-3-2-4-12(8-11)21-15(18)19/h2-9,15,20H,1H3. The molecule has 0 aliphatic heterocycles. The van der Waals surface area contributed by atoms with E-state index >= 15 is 0 Å². The molecular weight excluding hydrogens is 408 g/mol. The molecule has 1 atom stereocenters. The second-order valence-corrected chi connectivity index (χ2v) is 6.21. The van der Waals surface area contributed by atoms with Crippen molar-refractivity contribution in [2.75, 3.05) is 5.32 Å². The third-order valence-corrected chi connectivity index (χ3v) is 4.05. The molecule has 0 fully saturated rings. The van der Waals surface area contributed by atoms with Gasteiger partial charge in [-0.25, -0.2) is 0 Å². The average molecular weight is 421 g/mol. The number of anilines is 1. The first-order chi connectivity index (χ1) is 9.95. The zero-order chi connectivity index (χ0) is 15.4. The van der Waals surface area contributed by atoms with E-state index in [0.717, 1.165) is 20.2 Å². The highest BCUT2D eigenvalue weighted by molar-refractivity contribution is 9.11. The van der Waals surface area contributed by atoms with E-state index < -0.39 is 6.61 Å². The van der Waals surface area contributed by atoms with Crippen LogP contribution in [0.1, 0.15) is 18.5 Å². The Labute approximate surface area is 138 Å². The van der Waals surface area contributed by atoms with Crippen LogP contribution in [-0.2, 0) is 0 Å². The van der Waals surface area contributed by atoms with Gasteiger partial charge < -0.3 is 10.1 Å². The van der Waals surface area contributed by atoms with Crippen LogP contribution in [0, 0.1) is 0 Å². The summed E-state index contributed by atoms with van der Waals surface area (Å²) in [4.78, 5) is 0. The van der Waals surface area contributed by atoms with Crippen molar-refractivity contribution in [2.24, 2.45) is 0 Å². The van der Waals surface area contributed by atoms with E-state index in [1.807, 2.05) is 31.2 Å². The van der Waals surface area contributed by atoms with Crippen LogP contribution in [0.2, 0.25) is 0 Å². The average Bonchev–Trinajstić information content (AvgIpc) is 2.37. The van der Waals surface area contributed by atoms with Crippen LogP contribution in [-0.4, -0.2) is 6.61 Å². The fourth-order valence-corrected chi connectivity index (χ4v) is 3.33. The van der Waals surface area contributed by atoms with E-state index in [1.165, 1.54) is 6.07 Å². The highest BCUT2D eigenvalue weighted by Gasteiger charge is 2.11. The number of rotatable bonds is 5. The van der Waals surface area contributed by atoms with Crippen LogP contribution in [0.3, 0.4) is 0 Å². The lowest BCUT2D eigenvalue weighted by atomic mass is 10.1. The molecule has 0 saturated carbocycles. The van der Waals surface area contributed by atoms with Crippen molar-refractivity contribution in [1.82, 2.24) is 0 Å². The maximum absolute atomic E-state index is 12.2. The zero-order valence-electron chi connectivity index (χ0n) is 11.1. The Morgan fingerprint density at radius 2 is 1.86 bits per heavy atom. The van der Waals surface area contributed by atoms with Crippen LogP contribution in [0.5, 0.6) is 5.75 Å². The van der Waals surface area contributed by atoms with Crippen LogP contribution in [0.25, 0.3) is 0 Å². The van der Waals surface area contributed by atoms with Gasteiger partial charge >= 0.3 is 6.61 Å². The number of ether oxygens (including phenoxy) is 1. The Hall–Kier alpha value is -1.14. The molecule has 0 bridgehead atoms. The van der Waals surface area contributed by atoms with Crippen LogP contribution < -0.4 is 10.1 Å². The highest BCUT2D eigenvalue weighted by atomic mass is 79.9. The minimum atomic E-state index is -2.82. The first kappa shape index (κ1) is 16.2. The normalized spacial score (nSPS) is 12.3. The summed E-state index contributed by atoms with van der Waals surface area (Å²) in [5.74, 6) is 0.136. The van der Waals surface area contributed by atoms with Crippen molar-refractivity contribution < 1.29 is 13.5 Å². The second kappa shape index (κ2) is 7.22. The summed E-state index contributed by atoms with van der Waals surface area (Å²) in [7, 11) is 0. The lowest BCUT2D eigenvalue weighted by Crippen LogP contribution is -2.08. The molecule has 0 heterocycles. The molecular formula is C15H13Br2F2NO. The Kier molecular flexibility index (Phi) is 5.58. The molecule has 0 aliphatic rings. The van der Waals surface area contributed by atoms with E-state index in [-0.39, 0.29) is 11.8 Å². The third-order valence-electron chi connectivity index (χ3n) is 2.87. The van der Waals surface area contributed by atoms with Gasteiger partial charge in [0.2, 0.25) is 0 Å². The molecule has 0 radical (unpaired) electrons. The molecule has 0 spiro atoms. The third kappa shape index (κ3) is 4.68. The quantitative estimate of drug-likeness (QED) is 0.641. The molecule has 1 N–H and O–H groups in total. The lowest BCUT2D eigenvalue weighted by molar-refractivity contribution is -0.0498. The van der Waals surface area contributed by atoms with Gasteiger partial charge in [0.15, 0.2) is 0 Å². The van der Waals surface area contributed by atoms with E-state index in [0.29, 0.717) is 0 Å². The second-order valence-electron chi connectivity index (χ2n) is 4.44. The fraction of sp³-hybridized carbons (Fsp3) is 0.200. The van der Waals surface area contributed by atoms with Crippen molar-refractivity contribution in [3.05, 3.63) is 57.0 Å². The molecule has 2 nitrogen and oxygen atoms in total. The topological polar surface area (TPSA) is 21.3 Å². The van der Waals surface area contributed by atoms with Crippen molar-refractivity contribution >= 4 is 37.5 Å². The van der Waals surface area contributed by atoms with Crippen LogP contribution >= 0.6 is 31.9 Å². The molecule has 0 saturated heterocycles. The lowest BCUT2D eigenvalue weighted by Gasteiger charge is -2.18. The molecule has 1 unspecified atom stereocenters. The van der Waals surface area contributed by atoms with Gasteiger partial charge in [-0.1, -0.05) is 44.0 Å². The predicted octanol–water partition coefficient (Wildman–Crippen LogP) is 5.99. The van der Waals surface area contributed by atoms with E-state index in [2.05, 4.69) is 41.9 Å². The van der Waals surface area contributed by atoms with E-state index in [4.69, 9.17) is 0 Å². The molecule has 21 heavy (non-hydrogen) atoms. The molecule has 6 heteroatoms. The number of hydrogen-bond donors (Lipinski definition) is 1. The van der Waals surface area contributed by atoms with Gasteiger partial charge in [-0.2, -0.15) is 8.78 Å². The van der Waals surface area contributed by atoms with Gasteiger partial charge in [-0.05, 0) is 36.8 Å². The largest absolute Gasteiger partial charge is 0.435 e. The Bertz CT molecular complexity index is 622. The van der Waals surface area contributed by atoms with Gasteiger partial charge in [-0.3, -0.25) is 0 Å². The predicted molar refractivity (Wildman–Crippen MR) is 87.0 cm³/mol. The minimum Gasteiger partial charge on any atom is -0.435 e. The van der Waals surface area contributed by atoms with Gasteiger partial charge in [0.05, 0.1) is 0 Å². The first-order valence-corrected chi connectivity index (χ1v) is 7.80. The molecule has 2 rings (SSSR count). The zero-order valence-corrected chi connectivity index (χ0v) is 14.3. The minimum absolute atomic E-state index is 0.00859. The smallest absolute Gasteiger partial charge is 0.387 e. The summed E-state index contributed by atoms with van der Waals surface area (Å²) in [5, 5.41) is 3.26.